The van der Waals surface area contributed by atoms with E-state index in [0.29, 0.717) is 30.8 Å². The summed E-state index contributed by atoms with van der Waals surface area (Å²) in [4.78, 5) is 26.9. The van der Waals surface area contributed by atoms with Crippen molar-refractivity contribution < 1.29 is 28.9 Å². The van der Waals surface area contributed by atoms with E-state index in [4.69, 9.17) is 14.2 Å². The van der Waals surface area contributed by atoms with E-state index in [-0.39, 0.29) is 17.4 Å². The van der Waals surface area contributed by atoms with Crippen LogP contribution in [0.5, 0.6) is 0 Å². The van der Waals surface area contributed by atoms with Crippen molar-refractivity contribution in [3.8, 4) is 0 Å². The number of cyclic esters (lactones) is 1. The Hall–Kier alpha value is -1.38. The van der Waals surface area contributed by atoms with Crippen molar-refractivity contribution >= 4 is 27.7 Å². The predicted octanol–water partition coefficient (Wildman–Crippen LogP) is 1.24. The van der Waals surface area contributed by atoms with Gasteiger partial charge in [0.25, 0.3) is 11.7 Å². The topological polar surface area (TPSA) is 85.3 Å². The van der Waals surface area contributed by atoms with Crippen molar-refractivity contribution in [2.45, 2.75) is 25.7 Å². The number of morpholine rings is 1. The molecule has 1 aliphatic carbocycles. The highest BCUT2D eigenvalue weighted by Crippen LogP contribution is 2.39. The van der Waals surface area contributed by atoms with Gasteiger partial charge in [-0.1, -0.05) is 0 Å². The van der Waals surface area contributed by atoms with E-state index in [0.717, 1.165) is 0 Å². The van der Waals surface area contributed by atoms with Crippen LogP contribution in [0.3, 0.4) is 0 Å². The molecule has 3 rings (SSSR count). The second-order valence-electron chi connectivity index (χ2n) is 6.11. The van der Waals surface area contributed by atoms with Crippen LogP contribution in [0.2, 0.25) is 0 Å². The molecule has 0 aromatic heterocycles. The van der Waals surface area contributed by atoms with Gasteiger partial charge >= 0.3 is 5.97 Å². The van der Waals surface area contributed by atoms with Crippen LogP contribution in [0.15, 0.2) is 22.1 Å². The van der Waals surface area contributed by atoms with Crippen LogP contribution in [-0.4, -0.2) is 59.9 Å². The van der Waals surface area contributed by atoms with E-state index < -0.39 is 23.6 Å². The van der Waals surface area contributed by atoms with Gasteiger partial charge in [0.05, 0.1) is 23.6 Å². The Kier molecular flexibility index (Phi) is 4.24. The molecule has 0 radical (unpaired) electrons. The fourth-order valence-electron chi connectivity index (χ4n) is 3.06. The number of allylic oxidation sites excluding steroid dienone is 1. The predicted molar refractivity (Wildman–Crippen MR) is 82.6 cm³/mol. The molecule has 8 heteroatoms. The molecule has 2 atom stereocenters. The Morgan fingerprint density at radius 2 is 1.91 bits per heavy atom. The molecule has 1 saturated heterocycles. The second kappa shape index (κ2) is 5.92. The van der Waals surface area contributed by atoms with Crippen LogP contribution in [0.1, 0.15) is 13.8 Å². The molecule has 0 amide bonds. The Morgan fingerprint density at radius 1 is 1.26 bits per heavy atom. The fourth-order valence-corrected chi connectivity index (χ4v) is 3.58. The molecule has 1 fully saturated rings. The number of hydrogen-bond donors (Lipinski definition) is 1. The number of carbonyl (C=O) groups excluding carboxylic acids is 2. The SMILES string of the molecule is CC1(C)OC(=O)C([C@@H]2C(=O)C(Br)=C[C@H]2N2CCOCC2)=C(O)O1. The first-order valence-corrected chi connectivity index (χ1v) is 8.18. The zero-order chi connectivity index (χ0) is 16.8. The zero-order valence-electron chi connectivity index (χ0n) is 12.9. The largest absolute Gasteiger partial charge is 0.480 e. The monoisotopic (exact) mass is 387 g/mol. The maximum absolute atomic E-state index is 12.5. The summed E-state index contributed by atoms with van der Waals surface area (Å²) < 4.78 is 16.1. The minimum Gasteiger partial charge on any atom is -0.480 e. The molecular formula is C15H18BrNO6. The molecule has 0 bridgehead atoms. The second-order valence-corrected chi connectivity index (χ2v) is 6.96. The van der Waals surface area contributed by atoms with Gasteiger partial charge in [0.15, 0.2) is 5.78 Å². The number of nitrogens with zero attached hydrogens (tertiary/aromatic N) is 1. The number of carbonyl (C=O) groups is 2. The average molecular weight is 388 g/mol. The van der Waals surface area contributed by atoms with E-state index in [2.05, 4.69) is 15.9 Å². The van der Waals surface area contributed by atoms with Crippen molar-refractivity contribution in [1.29, 1.82) is 0 Å². The first-order valence-electron chi connectivity index (χ1n) is 7.39. The number of ether oxygens (including phenoxy) is 3. The van der Waals surface area contributed by atoms with Crippen molar-refractivity contribution in [1.82, 2.24) is 4.90 Å². The normalized spacial score (nSPS) is 31.7. The van der Waals surface area contributed by atoms with E-state index in [1.165, 1.54) is 13.8 Å². The zero-order valence-corrected chi connectivity index (χ0v) is 14.5. The van der Waals surface area contributed by atoms with Gasteiger partial charge in [0.1, 0.15) is 5.57 Å². The third-order valence-electron chi connectivity index (χ3n) is 4.09. The molecule has 7 nitrogen and oxygen atoms in total. The third-order valence-corrected chi connectivity index (χ3v) is 4.74. The first-order chi connectivity index (χ1) is 10.8. The molecule has 0 spiro atoms. The molecule has 23 heavy (non-hydrogen) atoms. The number of Topliss-reactive ketones (excluding diaryl/α,β-unsaturated/α-hetero) is 1. The van der Waals surface area contributed by atoms with E-state index in [9.17, 15) is 14.7 Å². The lowest BCUT2D eigenvalue weighted by Crippen LogP contribution is -2.49. The lowest BCUT2D eigenvalue weighted by molar-refractivity contribution is -0.223. The molecule has 0 unspecified atom stereocenters. The maximum atomic E-state index is 12.5. The van der Waals surface area contributed by atoms with Gasteiger partial charge in [-0.2, -0.15) is 0 Å². The summed E-state index contributed by atoms with van der Waals surface area (Å²) in [7, 11) is 0. The Morgan fingerprint density at radius 3 is 2.52 bits per heavy atom. The van der Waals surface area contributed by atoms with Gasteiger partial charge in [-0.15, -0.1) is 0 Å². The van der Waals surface area contributed by atoms with E-state index in [1.54, 1.807) is 6.08 Å². The molecule has 0 aromatic rings. The van der Waals surface area contributed by atoms with E-state index in [1.807, 2.05) is 4.90 Å². The molecule has 2 aliphatic heterocycles. The van der Waals surface area contributed by atoms with Gasteiger partial charge < -0.3 is 19.3 Å². The van der Waals surface area contributed by atoms with Crippen molar-refractivity contribution in [2.24, 2.45) is 5.92 Å². The van der Waals surface area contributed by atoms with Crippen LogP contribution in [0, 0.1) is 5.92 Å². The van der Waals surface area contributed by atoms with Gasteiger partial charge in [0.2, 0.25) is 0 Å². The summed E-state index contributed by atoms with van der Waals surface area (Å²) in [6.07, 6.45) is 1.76. The molecule has 1 N–H and O–H groups in total. The van der Waals surface area contributed by atoms with Crippen LogP contribution in [0.4, 0.5) is 0 Å². The Balaban J connectivity index is 1.95. The molecule has 0 aromatic carbocycles. The molecule has 3 aliphatic rings. The van der Waals surface area contributed by atoms with Gasteiger partial charge in [-0.3, -0.25) is 9.69 Å². The minimum absolute atomic E-state index is 0.128. The first kappa shape index (κ1) is 16.5. The summed E-state index contributed by atoms with van der Waals surface area (Å²) in [5.41, 5.74) is -0.128. The number of halogens is 1. The van der Waals surface area contributed by atoms with Crippen LogP contribution in [0.25, 0.3) is 0 Å². The lowest BCUT2D eigenvalue weighted by Gasteiger charge is -2.37. The van der Waals surface area contributed by atoms with Crippen molar-refractivity contribution in [3.05, 3.63) is 22.1 Å². The lowest BCUT2D eigenvalue weighted by atomic mass is 9.90. The highest BCUT2D eigenvalue weighted by molar-refractivity contribution is 9.12. The summed E-state index contributed by atoms with van der Waals surface area (Å²) >= 11 is 3.24. The fraction of sp³-hybridized carbons (Fsp3) is 0.600. The number of ketones is 1. The number of aliphatic hydroxyl groups excluding tert-OH is 1. The van der Waals surface area contributed by atoms with Crippen molar-refractivity contribution in [3.63, 3.8) is 0 Å². The van der Waals surface area contributed by atoms with Gasteiger partial charge in [-0.05, 0) is 22.0 Å². The molecular weight excluding hydrogens is 370 g/mol. The van der Waals surface area contributed by atoms with Crippen LogP contribution < -0.4 is 0 Å². The summed E-state index contributed by atoms with van der Waals surface area (Å²) in [5, 5.41) is 10.2. The van der Waals surface area contributed by atoms with Crippen molar-refractivity contribution in [2.75, 3.05) is 26.3 Å². The van der Waals surface area contributed by atoms with Gasteiger partial charge in [-0.25, -0.2) is 4.79 Å². The highest BCUT2D eigenvalue weighted by atomic mass is 79.9. The van der Waals surface area contributed by atoms with Crippen LogP contribution in [-0.2, 0) is 23.8 Å². The third kappa shape index (κ3) is 3.02. The summed E-state index contributed by atoms with van der Waals surface area (Å²) in [6, 6.07) is -0.352. The Labute approximate surface area is 142 Å². The Bertz CT molecular complexity index is 605. The highest BCUT2D eigenvalue weighted by Gasteiger charge is 2.49. The number of aliphatic hydroxyl groups is 1. The number of rotatable bonds is 2. The maximum Gasteiger partial charge on any atom is 0.345 e. The summed E-state index contributed by atoms with van der Waals surface area (Å²) in [6.45, 7) is 5.43. The van der Waals surface area contributed by atoms with E-state index >= 15 is 0 Å². The van der Waals surface area contributed by atoms with Crippen LogP contribution >= 0.6 is 15.9 Å². The smallest absolute Gasteiger partial charge is 0.345 e. The number of esters is 1. The minimum atomic E-state index is -1.26. The quantitative estimate of drug-likeness (QED) is 0.713. The average Bonchev–Trinajstić information content (AvgIpc) is 2.75. The standard InChI is InChI=1S/C15H18BrNO6/c1-15(2)22-13(19)11(14(20)23-15)10-9(7-8(16)12(10)18)17-3-5-21-6-4-17/h7,9-10,19H,3-6H2,1-2H3/t9-,10-/m1/s1. The summed E-state index contributed by atoms with van der Waals surface area (Å²) in [5.74, 6) is -3.66. The molecule has 0 saturated carbocycles. The molecule has 126 valence electrons. The number of hydrogen-bond acceptors (Lipinski definition) is 7. The van der Waals surface area contributed by atoms with Gasteiger partial charge in [0, 0.05) is 33.0 Å². The molecule has 2 heterocycles.